The number of fused-ring (bicyclic) bond motifs is 1. The minimum absolute atomic E-state index is 0.00890. The third kappa shape index (κ3) is 4.25. The monoisotopic (exact) mass is 381 g/mol. The standard InChI is InChI=1S/C18H27N3O4S/c1-12-9-14(26(19,23)24)10-15(13(12)2)20-18(22)11-21-7-8-25-17-6-4-3-5-16(17)21/h9-10,16-17H,3-8,11H2,1-2H3,(H,20,22)(H2,19,23,24). The van der Waals surface area contributed by atoms with Gasteiger partial charge in [-0.3, -0.25) is 9.69 Å². The summed E-state index contributed by atoms with van der Waals surface area (Å²) >= 11 is 0. The highest BCUT2D eigenvalue weighted by Crippen LogP contribution is 2.28. The Hall–Kier alpha value is -1.48. The minimum atomic E-state index is -3.82. The molecule has 0 spiro atoms. The predicted octanol–water partition coefficient (Wildman–Crippen LogP) is 1.53. The van der Waals surface area contributed by atoms with Crippen LogP contribution in [-0.2, 0) is 19.6 Å². The number of primary sulfonamides is 1. The molecule has 144 valence electrons. The van der Waals surface area contributed by atoms with Crippen LogP contribution in [0.1, 0.15) is 36.8 Å². The third-order valence-electron chi connectivity index (χ3n) is 5.44. The van der Waals surface area contributed by atoms with Crippen LogP contribution >= 0.6 is 0 Å². The van der Waals surface area contributed by atoms with Crippen LogP contribution < -0.4 is 10.5 Å². The molecule has 8 heteroatoms. The van der Waals surface area contributed by atoms with Gasteiger partial charge in [-0.25, -0.2) is 13.6 Å². The van der Waals surface area contributed by atoms with Crippen molar-refractivity contribution in [2.45, 2.75) is 56.6 Å². The largest absolute Gasteiger partial charge is 0.375 e. The van der Waals surface area contributed by atoms with E-state index in [2.05, 4.69) is 10.2 Å². The maximum atomic E-state index is 12.6. The molecule has 0 radical (unpaired) electrons. The van der Waals surface area contributed by atoms with Crippen molar-refractivity contribution in [2.24, 2.45) is 5.14 Å². The van der Waals surface area contributed by atoms with Crippen LogP contribution in [0.5, 0.6) is 0 Å². The molecular formula is C18H27N3O4S. The molecule has 1 saturated carbocycles. The Labute approximate surface area is 154 Å². The van der Waals surface area contributed by atoms with Crippen LogP contribution in [0.25, 0.3) is 0 Å². The van der Waals surface area contributed by atoms with Crippen molar-refractivity contribution in [3.05, 3.63) is 23.3 Å². The van der Waals surface area contributed by atoms with Crippen molar-refractivity contribution in [1.82, 2.24) is 4.90 Å². The molecule has 2 fully saturated rings. The molecule has 1 aliphatic carbocycles. The molecule has 1 aromatic rings. The Morgan fingerprint density at radius 2 is 2.04 bits per heavy atom. The molecule has 2 atom stereocenters. The number of nitrogens with zero attached hydrogens (tertiary/aromatic N) is 1. The Morgan fingerprint density at radius 1 is 1.31 bits per heavy atom. The first kappa shape index (κ1) is 19.3. The number of carbonyl (C=O) groups excluding carboxylic acids is 1. The highest BCUT2D eigenvalue weighted by Gasteiger charge is 2.34. The van der Waals surface area contributed by atoms with Gasteiger partial charge in [0.1, 0.15) is 0 Å². The van der Waals surface area contributed by atoms with Gasteiger partial charge < -0.3 is 10.1 Å². The van der Waals surface area contributed by atoms with Gasteiger partial charge in [0.15, 0.2) is 0 Å². The molecule has 7 nitrogen and oxygen atoms in total. The van der Waals surface area contributed by atoms with Crippen LogP contribution in [0.2, 0.25) is 0 Å². The molecule has 2 unspecified atom stereocenters. The van der Waals surface area contributed by atoms with Gasteiger partial charge in [0.05, 0.1) is 24.2 Å². The number of nitrogens with one attached hydrogen (secondary N) is 1. The molecular weight excluding hydrogens is 354 g/mol. The maximum Gasteiger partial charge on any atom is 0.238 e. The minimum Gasteiger partial charge on any atom is -0.375 e. The number of hydrogen-bond donors (Lipinski definition) is 2. The average molecular weight is 381 g/mol. The maximum absolute atomic E-state index is 12.6. The highest BCUT2D eigenvalue weighted by atomic mass is 32.2. The van der Waals surface area contributed by atoms with Gasteiger partial charge in [-0.15, -0.1) is 0 Å². The molecule has 3 rings (SSSR count). The lowest BCUT2D eigenvalue weighted by molar-refractivity contribution is -0.124. The van der Waals surface area contributed by atoms with Gasteiger partial charge in [0.25, 0.3) is 0 Å². The normalized spacial score (nSPS) is 24.1. The van der Waals surface area contributed by atoms with Crippen LogP contribution in [0.15, 0.2) is 17.0 Å². The number of ether oxygens (including phenoxy) is 1. The van der Waals surface area contributed by atoms with E-state index in [9.17, 15) is 13.2 Å². The van der Waals surface area contributed by atoms with E-state index in [1.165, 1.54) is 18.6 Å². The van der Waals surface area contributed by atoms with Crippen molar-refractivity contribution in [1.29, 1.82) is 0 Å². The number of amides is 1. The summed E-state index contributed by atoms with van der Waals surface area (Å²) in [5.74, 6) is -0.148. The second-order valence-electron chi connectivity index (χ2n) is 7.24. The Morgan fingerprint density at radius 3 is 2.77 bits per heavy atom. The number of morpholine rings is 1. The zero-order valence-electron chi connectivity index (χ0n) is 15.3. The first-order valence-corrected chi connectivity index (χ1v) is 10.6. The third-order valence-corrected chi connectivity index (χ3v) is 6.33. The van der Waals surface area contributed by atoms with E-state index in [0.717, 1.165) is 36.9 Å². The Kier molecular flexibility index (Phi) is 5.67. The lowest BCUT2D eigenvalue weighted by atomic mass is 9.90. The number of sulfonamides is 1. The van der Waals surface area contributed by atoms with E-state index in [1.54, 1.807) is 6.92 Å². The fourth-order valence-corrected chi connectivity index (χ4v) is 4.49. The summed E-state index contributed by atoms with van der Waals surface area (Å²) in [5, 5.41) is 8.10. The van der Waals surface area contributed by atoms with E-state index < -0.39 is 10.0 Å². The number of carbonyl (C=O) groups is 1. The lowest BCUT2D eigenvalue weighted by Crippen LogP contribution is -2.54. The van der Waals surface area contributed by atoms with Crippen molar-refractivity contribution < 1.29 is 17.9 Å². The Balaban J connectivity index is 1.73. The first-order valence-electron chi connectivity index (χ1n) is 9.05. The zero-order valence-corrected chi connectivity index (χ0v) is 16.1. The van der Waals surface area contributed by atoms with Crippen molar-refractivity contribution in [3.8, 4) is 0 Å². The van der Waals surface area contributed by atoms with Gasteiger partial charge in [0, 0.05) is 18.3 Å². The van der Waals surface area contributed by atoms with Crippen molar-refractivity contribution >= 4 is 21.6 Å². The molecule has 1 saturated heterocycles. The molecule has 1 aromatic carbocycles. The van der Waals surface area contributed by atoms with Crippen molar-refractivity contribution in [2.75, 3.05) is 25.0 Å². The topological polar surface area (TPSA) is 102 Å². The van der Waals surface area contributed by atoms with Gasteiger partial charge in [-0.1, -0.05) is 12.8 Å². The van der Waals surface area contributed by atoms with E-state index in [0.29, 0.717) is 18.3 Å². The second-order valence-corrected chi connectivity index (χ2v) is 8.80. The summed E-state index contributed by atoms with van der Waals surface area (Å²) in [7, 11) is -3.82. The van der Waals surface area contributed by atoms with Crippen LogP contribution in [-0.4, -0.2) is 51.1 Å². The quantitative estimate of drug-likeness (QED) is 0.824. The number of benzene rings is 1. The summed E-state index contributed by atoms with van der Waals surface area (Å²) in [4.78, 5) is 14.8. The van der Waals surface area contributed by atoms with E-state index >= 15 is 0 Å². The van der Waals surface area contributed by atoms with Gasteiger partial charge >= 0.3 is 0 Å². The summed E-state index contributed by atoms with van der Waals surface area (Å²) in [6.45, 7) is 5.32. The number of hydrogen-bond acceptors (Lipinski definition) is 5. The smallest absolute Gasteiger partial charge is 0.238 e. The summed E-state index contributed by atoms with van der Waals surface area (Å²) < 4.78 is 29.1. The highest BCUT2D eigenvalue weighted by molar-refractivity contribution is 7.89. The molecule has 2 aliphatic rings. The molecule has 0 aromatic heterocycles. The van der Waals surface area contributed by atoms with Crippen LogP contribution in [0, 0.1) is 13.8 Å². The number of aryl methyl sites for hydroxylation is 1. The van der Waals surface area contributed by atoms with Crippen molar-refractivity contribution in [3.63, 3.8) is 0 Å². The Bertz CT molecular complexity index is 792. The summed E-state index contributed by atoms with van der Waals surface area (Å²) in [5.41, 5.74) is 2.10. The van der Waals surface area contributed by atoms with E-state index in [1.807, 2.05) is 6.92 Å². The zero-order chi connectivity index (χ0) is 18.9. The SMILES string of the molecule is Cc1cc(S(N)(=O)=O)cc(NC(=O)CN2CCOC3CCCCC32)c1C. The molecule has 0 bridgehead atoms. The number of rotatable bonds is 4. The lowest BCUT2D eigenvalue weighted by Gasteiger charge is -2.43. The van der Waals surface area contributed by atoms with Gasteiger partial charge in [0.2, 0.25) is 15.9 Å². The van der Waals surface area contributed by atoms with Gasteiger partial charge in [-0.05, 0) is 49.9 Å². The summed E-state index contributed by atoms with van der Waals surface area (Å²) in [6, 6.07) is 3.24. The molecule has 1 heterocycles. The second kappa shape index (κ2) is 7.64. The molecule has 26 heavy (non-hydrogen) atoms. The van der Waals surface area contributed by atoms with Crippen LogP contribution in [0.3, 0.4) is 0 Å². The molecule has 1 amide bonds. The molecule has 3 N–H and O–H groups in total. The number of nitrogens with two attached hydrogens (primary N) is 1. The number of anilines is 1. The fourth-order valence-electron chi connectivity index (χ4n) is 3.87. The average Bonchev–Trinajstić information content (AvgIpc) is 2.58. The predicted molar refractivity (Wildman–Crippen MR) is 99.5 cm³/mol. The fraction of sp³-hybridized carbons (Fsp3) is 0.611. The van der Waals surface area contributed by atoms with E-state index in [4.69, 9.17) is 9.88 Å². The molecule has 1 aliphatic heterocycles. The van der Waals surface area contributed by atoms with E-state index in [-0.39, 0.29) is 23.5 Å². The van der Waals surface area contributed by atoms with Crippen LogP contribution in [0.4, 0.5) is 5.69 Å². The van der Waals surface area contributed by atoms with Gasteiger partial charge in [-0.2, -0.15) is 0 Å². The first-order chi connectivity index (χ1) is 12.3. The summed E-state index contributed by atoms with van der Waals surface area (Å²) in [6.07, 6.45) is 4.67.